The number of hydroxylamine groups is 1. The summed E-state index contributed by atoms with van der Waals surface area (Å²) in [5.41, 5.74) is 2.38. The monoisotopic (exact) mass is 142 g/mol. The van der Waals surface area contributed by atoms with E-state index in [0.717, 1.165) is 0 Å². The van der Waals surface area contributed by atoms with Gasteiger partial charge in [-0.1, -0.05) is 0 Å². The number of hydrogen-bond acceptors (Lipinski definition) is 3. The maximum atomic E-state index is 8.34. The average molecular weight is 142 g/mol. The van der Waals surface area contributed by atoms with E-state index in [-0.39, 0.29) is 11.6 Å². The minimum Gasteiger partial charge on any atom is -0.295 e. The van der Waals surface area contributed by atoms with Gasteiger partial charge < -0.3 is 0 Å². The van der Waals surface area contributed by atoms with Crippen molar-refractivity contribution in [3.63, 3.8) is 0 Å². The van der Waals surface area contributed by atoms with E-state index in [2.05, 4.69) is 5.48 Å². The molecule has 0 aliphatic carbocycles. The van der Waals surface area contributed by atoms with Gasteiger partial charge in [0.2, 0.25) is 0 Å². The summed E-state index contributed by atoms with van der Waals surface area (Å²) >= 11 is 0. The van der Waals surface area contributed by atoms with Crippen LogP contribution >= 0.6 is 0 Å². The minimum atomic E-state index is -0.251. The van der Waals surface area contributed by atoms with Gasteiger partial charge in [0, 0.05) is 0 Å². The molecule has 0 saturated heterocycles. The van der Waals surface area contributed by atoms with Crippen LogP contribution in [0.25, 0.3) is 0 Å². The smallest absolute Gasteiger partial charge is 0.116 e. The van der Waals surface area contributed by atoms with Crippen LogP contribution in [-0.4, -0.2) is 11.6 Å². The van der Waals surface area contributed by atoms with Crippen molar-refractivity contribution in [2.75, 3.05) is 0 Å². The maximum absolute atomic E-state index is 8.34. The zero-order valence-corrected chi connectivity index (χ0v) is 6.93. The first-order valence-corrected chi connectivity index (χ1v) is 3.29. The SMILES string of the molecule is CC(C#N)NOC(C)(C)C. The predicted octanol–water partition coefficient (Wildman–Crippen LogP) is 1.22. The minimum absolute atomic E-state index is 0.231. The molecular formula is C7H14N2O. The average Bonchev–Trinajstić information content (AvgIpc) is 1.81. The Bertz CT molecular complexity index is 132. The largest absolute Gasteiger partial charge is 0.295 e. The second-order valence-electron chi connectivity index (χ2n) is 3.18. The van der Waals surface area contributed by atoms with Gasteiger partial charge >= 0.3 is 0 Å². The summed E-state index contributed by atoms with van der Waals surface area (Å²) in [7, 11) is 0. The molecule has 10 heavy (non-hydrogen) atoms. The van der Waals surface area contributed by atoms with E-state index in [0.29, 0.717) is 0 Å². The van der Waals surface area contributed by atoms with Crippen LogP contribution in [0.4, 0.5) is 0 Å². The van der Waals surface area contributed by atoms with Crippen molar-refractivity contribution in [3.05, 3.63) is 0 Å². The third-order valence-electron chi connectivity index (χ3n) is 0.736. The zero-order valence-electron chi connectivity index (χ0n) is 6.93. The molecule has 0 amide bonds. The first kappa shape index (κ1) is 9.41. The topological polar surface area (TPSA) is 45.0 Å². The van der Waals surface area contributed by atoms with Gasteiger partial charge in [0.15, 0.2) is 0 Å². The molecule has 0 radical (unpaired) electrons. The molecule has 0 spiro atoms. The Hall–Kier alpha value is -0.590. The third-order valence-corrected chi connectivity index (χ3v) is 0.736. The number of nitrogens with zero attached hydrogens (tertiary/aromatic N) is 1. The lowest BCUT2D eigenvalue weighted by molar-refractivity contribution is -0.0789. The Morgan fingerprint density at radius 3 is 2.30 bits per heavy atom. The predicted molar refractivity (Wildman–Crippen MR) is 39.0 cm³/mol. The molecule has 0 aromatic carbocycles. The number of nitriles is 1. The van der Waals surface area contributed by atoms with Crippen LogP contribution in [-0.2, 0) is 4.84 Å². The van der Waals surface area contributed by atoms with E-state index >= 15 is 0 Å². The standard InChI is InChI=1S/C7H14N2O/c1-6(5-8)9-10-7(2,3)4/h6,9H,1-4H3. The number of hydrogen-bond donors (Lipinski definition) is 1. The van der Waals surface area contributed by atoms with E-state index < -0.39 is 0 Å². The van der Waals surface area contributed by atoms with Gasteiger partial charge in [-0.3, -0.25) is 4.84 Å². The van der Waals surface area contributed by atoms with Crippen molar-refractivity contribution in [1.29, 1.82) is 5.26 Å². The molecule has 1 unspecified atom stereocenters. The summed E-state index contributed by atoms with van der Waals surface area (Å²) in [6.45, 7) is 7.50. The quantitative estimate of drug-likeness (QED) is 0.589. The Morgan fingerprint density at radius 1 is 1.50 bits per heavy atom. The molecule has 3 heteroatoms. The van der Waals surface area contributed by atoms with Gasteiger partial charge in [-0.25, -0.2) is 0 Å². The Labute approximate surface area is 61.9 Å². The van der Waals surface area contributed by atoms with Crippen LogP contribution in [0.3, 0.4) is 0 Å². The summed E-state index contributed by atoms with van der Waals surface area (Å²) in [6.07, 6.45) is 0. The molecule has 0 heterocycles. The molecule has 0 aliphatic rings. The molecule has 3 nitrogen and oxygen atoms in total. The first-order chi connectivity index (χ1) is 4.45. The van der Waals surface area contributed by atoms with Gasteiger partial charge in [-0.15, -0.1) is 0 Å². The lowest BCUT2D eigenvalue weighted by atomic mass is 10.2. The van der Waals surface area contributed by atoms with Crippen molar-refractivity contribution in [2.45, 2.75) is 39.3 Å². The van der Waals surface area contributed by atoms with Crippen molar-refractivity contribution >= 4 is 0 Å². The summed E-state index contributed by atoms with van der Waals surface area (Å²) in [5.74, 6) is 0. The zero-order chi connectivity index (χ0) is 8.20. The van der Waals surface area contributed by atoms with Crippen molar-refractivity contribution in [1.82, 2.24) is 5.48 Å². The van der Waals surface area contributed by atoms with E-state index in [9.17, 15) is 0 Å². The molecule has 1 atom stereocenters. The van der Waals surface area contributed by atoms with Crippen LogP contribution in [0.1, 0.15) is 27.7 Å². The van der Waals surface area contributed by atoms with Crippen LogP contribution in [0.5, 0.6) is 0 Å². The summed E-state index contributed by atoms with van der Waals surface area (Å²) < 4.78 is 0. The van der Waals surface area contributed by atoms with E-state index in [1.54, 1.807) is 6.92 Å². The maximum Gasteiger partial charge on any atom is 0.116 e. The fraction of sp³-hybridized carbons (Fsp3) is 0.857. The van der Waals surface area contributed by atoms with E-state index in [1.807, 2.05) is 26.8 Å². The van der Waals surface area contributed by atoms with Crippen LogP contribution < -0.4 is 5.48 Å². The summed E-state index contributed by atoms with van der Waals surface area (Å²) in [5, 5.41) is 8.34. The highest BCUT2D eigenvalue weighted by molar-refractivity contribution is 4.82. The first-order valence-electron chi connectivity index (χ1n) is 3.29. The molecule has 0 aromatic rings. The van der Waals surface area contributed by atoms with Crippen LogP contribution in [0.2, 0.25) is 0 Å². The van der Waals surface area contributed by atoms with Gasteiger partial charge in [0.05, 0.1) is 11.7 Å². The van der Waals surface area contributed by atoms with Gasteiger partial charge in [0.1, 0.15) is 6.04 Å². The second kappa shape index (κ2) is 3.55. The molecule has 0 fully saturated rings. The highest BCUT2D eigenvalue weighted by Crippen LogP contribution is 2.03. The Balaban J connectivity index is 3.48. The second-order valence-corrected chi connectivity index (χ2v) is 3.18. The molecule has 0 aromatic heterocycles. The van der Waals surface area contributed by atoms with Crippen LogP contribution in [0, 0.1) is 11.3 Å². The number of rotatable bonds is 2. The lowest BCUT2D eigenvalue weighted by Gasteiger charge is -2.20. The Morgan fingerprint density at radius 2 is 2.00 bits per heavy atom. The lowest BCUT2D eigenvalue weighted by Crippen LogP contribution is -2.34. The van der Waals surface area contributed by atoms with Gasteiger partial charge in [0.25, 0.3) is 0 Å². The summed E-state index contributed by atoms with van der Waals surface area (Å²) in [4.78, 5) is 5.11. The van der Waals surface area contributed by atoms with Gasteiger partial charge in [-0.05, 0) is 27.7 Å². The molecular weight excluding hydrogens is 128 g/mol. The molecule has 0 rings (SSSR count). The number of nitrogens with one attached hydrogen (secondary N) is 1. The molecule has 58 valence electrons. The highest BCUT2D eigenvalue weighted by atomic mass is 16.7. The van der Waals surface area contributed by atoms with E-state index in [1.165, 1.54) is 0 Å². The summed E-state index contributed by atoms with van der Waals surface area (Å²) in [6, 6.07) is 1.75. The fourth-order valence-electron chi connectivity index (χ4n) is 0.292. The van der Waals surface area contributed by atoms with Crippen LogP contribution in [0.15, 0.2) is 0 Å². The molecule has 0 saturated carbocycles. The van der Waals surface area contributed by atoms with Crippen molar-refractivity contribution in [3.8, 4) is 6.07 Å². The third kappa shape index (κ3) is 5.54. The van der Waals surface area contributed by atoms with Gasteiger partial charge in [-0.2, -0.15) is 10.7 Å². The van der Waals surface area contributed by atoms with E-state index in [4.69, 9.17) is 10.1 Å². The van der Waals surface area contributed by atoms with Crippen molar-refractivity contribution in [2.24, 2.45) is 0 Å². The highest BCUT2D eigenvalue weighted by Gasteiger charge is 2.11. The van der Waals surface area contributed by atoms with Crippen molar-refractivity contribution < 1.29 is 4.84 Å². The fourth-order valence-corrected chi connectivity index (χ4v) is 0.292. The molecule has 0 bridgehead atoms. The molecule has 1 N–H and O–H groups in total. The molecule has 0 aliphatic heterocycles. The Kier molecular flexibility index (Phi) is 3.34. The normalized spacial score (nSPS) is 14.3.